The number of rotatable bonds is 5. The molecular weight excluding hydrogens is 422 g/mol. The van der Waals surface area contributed by atoms with E-state index in [4.69, 9.17) is 11.6 Å². The molecule has 0 spiro atoms. The summed E-state index contributed by atoms with van der Waals surface area (Å²) in [5.41, 5.74) is 0.711. The molecule has 0 bridgehead atoms. The molecule has 162 valence electrons. The first-order chi connectivity index (χ1) is 14.4. The first kappa shape index (κ1) is 21.3. The molecule has 2 aromatic rings. The van der Waals surface area contributed by atoms with Crippen LogP contribution in [-0.2, 0) is 15.8 Å². The van der Waals surface area contributed by atoms with Crippen molar-refractivity contribution in [2.24, 2.45) is 0 Å². The van der Waals surface area contributed by atoms with Crippen molar-refractivity contribution in [3.8, 4) is 0 Å². The summed E-state index contributed by atoms with van der Waals surface area (Å²) in [6.45, 7) is 6.12. The maximum absolute atomic E-state index is 12.9. The van der Waals surface area contributed by atoms with Gasteiger partial charge in [0.1, 0.15) is 17.5 Å². The van der Waals surface area contributed by atoms with Gasteiger partial charge in [-0.25, -0.2) is 18.4 Å². The van der Waals surface area contributed by atoms with Gasteiger partial charge in [-0.05, 0) is 43.9 Å². The fourth-order valence-electron chi connectivity index (χ4n) is 4.11. The molecule has 4 rings (SSSR count). The highest BCUT2D eigenvalue weighted by Gasteiger charge is 2.28. The normalized spacial score (nSPS) is 18.6. The van der Waals surface area contributed by atoms with Crippen LogP contribution in [0.1, 0.15) is 30.7 Å². The maximum Gasteiger partial charge on any atom is 0.218 e. The van der Waals surface area contributed by atoms with Gasteiger partial charge in [-0.2, -0.15) is 4.31 Å². The van der Waals surface area contributed by atoms with Crippen LogP contribution in [0.2, 0.25) is 5.02 Å². The van der Waals surface area contributed by atoms with Crippen LogP contribution in [0, 0.1) is 6.92 Å². The van der Waals surface area contributed by atoms with E-state index in [9.17, 15) is 8.42 Å². The first-order valence-electron chi connectivity index (χ1n) is 10.5. The van der Waals surface area contributed by atoms with Crippen LogP contribution in [0.5, 0.6) is 0 Å². The highest BCUT2D eigenvalue weighted by molar-refractivity contribution is 7.88. The summed E-state index contributed by atoms with van der Waals surface area (Å²) >= 11 is 6.00. The number of sulfonamides is 1. The SMILES string of the molecule is Cc1nc(N2CCCCC2)cc(N2CCN(S(=O)(=O)Cc3cccc(Cl)c3)CC2)n1. The molecule has 0 atom stereocenters. The second-order valence-electron chi connectivity index (χ2n) is 7.95. The van der Waals surface area contributed by atoms with Gasteiger partial charge in [-0.1, -0.05) is 23.7 Å². The Morgan fingerprint density at radius 2 is 1.53 bits per heavy atom. The van der Waals surface area contributed by atoms with Gasteiger partial charge in [0.15, 0.2) is 0 Å². The van der Waals surface area contributed by atoms with E-state index in [0.717, 1.165) is 30.5 Å². The summed E-state index contributed by atoms with van der Waals surface area (Å²) in [4.78, 5) is 13.7. The lowest BCUT2D eigenvalue weighted by Gasteiger charge is -2.35. The monoisotopic (exact) mass is 449 g/mol. The lowest BCUT2D eigenvalue weighted by molar-refractivity contribution is 0.383. The number of piperidine rings is 1. The van der Waals surface area contributed by atoms with Crippen LogP contribution < -0.4 is 9.80 Å². The van der Waals surface area contributed by atoms with Gasteiger partial charge >= 0.3 is 0 Å². The molecule has 2 aliphatic rings. The van der Waals surface area contributed by atoms with E-state index in [1.165, 1.54) is 19.3 Å². The van der Waals surface area contributed by atoms with Gasteiger partial charge in [0.2, 0.25) is 10.0 Å². The van der Waals surface area contributed by atoms with Crippen molar-refractivity contribution >= 4 is 33.3 Å². The summed E-state index contributed by atoms with van der Waals surface area (Å²) in [6, 6.07) is 9.09. The molecule has 2 fully saturated rings. The molecule has 0 N–H and O–H groups in total. The van der Waals surface area contributed by atoms with Crippen LogP contribution in [0.25, 0.3) is 0 Å². The van der Waals surface area contributed by atoms with E-state index in [2.05, 4.69) is 25.8 Å². The number of piperazine rings is 1. The number of aryl methyl sites for hydroxylation is 1. The Morgan fingerprint density at radius 3 is 2.17 bits per heavy atom. The Bertz CT molecular complexity index is 987. The summed E-state index contributed by atoms with van der Waals surface area (Å²) in [6.07, 6.45) is 3.67. The summed E-state index contributed by atoms with van der Waals surface area (Å²) in [5.74, 6) is 2.59. The summed E-state index contributed by atoms with van der Waals surface area (Å²) < 4.78 is 27.3. The van der Waals surface area contributed by atoms with Crippen molar-refractivity contribution in [3.63, 3.8) is 0 Å². The standard InChI is InChI=1S/C21H28ClN5O2S/c1-17-23-20(25-8-3-2-4-9-25)15-21(24-17)26-10-12-27(13-11-26)30(28,29)16-18-6-5-7-19(22)14-18/h5-7,14-15H,2-4,8-13,16H2,1H3. The molecule has 7 nitrogen and oxygen atoms in total. The topological polar surface area (TPSA) is 69.6 Å². The van der Waals surface area contributed by atoms with Crippen molar-refractivity contribution in [2.75, 3.05) is 49.1 Å². The van der Waals surface area contributed by atoms with Gasteiger partial charge in [0, 0.05) is 50.4 Å². The van der Waals surface area contributed by atoms with Crippen molar-refractivity contribution in [2.45, 2.75) is 31.9 Å². The number of nitrogens with zero attached hydrogens (tertiary/aromatic N) is 5. The molecule has 0 radical (unpaired) electrons. The van der Waals surface area contributed by atoms with Crippen LogP contribution in [-0.4, -0.2) is 62.0 Å². The summed E-state index contributed by atoms with van der Waals surface area (Å²) in [5, 5.41) is 0.552. The maximum atomic E-state index is 12.9. The second-order valence-corrected chi connectivity index (χ2v) is 10.4. The number of anilines is 2. The molecule has 30 heavy (non-hydrogen) atoms. The number of aromatic nitrogens is 2. The van der Waals surface area contributed by atoms with Crippen molar-refractivity contribution in [1.29, 1.82) is 0 Å². The average Bonchev–Trinajstić information content (AvgIpc) is 2.74. The van der Waals surface area contributed by atoms with Crippen molar-refractivity contribution < 1.29 is 8.42 Å². The molecule has 9 heteroatoms. The zero-order valence-corrected chi connectivity index (χ0v) is 18.9. The Morgan fingerprint density at radius 1 is 0.900 bits per heavy atom. The number of benzene rings is 1. The number of hydrogen-bond donors (Lipinski definition) is 0. The molecule has 1 aromatic heterocycles. The molecule has 2 saturated heterocycles. The zero-order valence-electron chi connectivity index (χ0n) is 17.3. The predicted molar refractivity (Wildman–Crippen MR) is 121 cm³/mol. The third-order valence-corrected chi connectivity index (χ3v) is 7.77. The van der Waals surface area contributed by atoms with E-state index in [0.29, 0.717) is 36.8 Å². The highest BCUT2D eigenvalue weighted by atomic mass is 35.5. The van der Waals surface area contributed by atoms with Gasteiger partial charge < -0.3 is 9.80 Å². The molecule has 2 aliphatic heterocycles. The predicted octanol–water partition coefficient (Wildman–Crippen LogP) is 3.08. The van der Waals surface area contributed by atoms with E-state index in [-0.39, 0.29) is 5.75 Å². The lowest BCUT2D eigenvalue weighted by atomic mass is 10.1. The molecule has 3 heterocycles. The van der Waals surface area contributed by atoms with Gasteiger partial charge in [-0.15, -0.1) is 0 Å². The second kappa shape index (κ2) is 9.08. The minimum absolute atomic E-state index is 0.0285. The Balaban J connectivity index is 1.42. The Kier molecular flexibility index (Phi) is 6.46. The summed E-state index contributed by atoms with van der Waals surface area (Å²) in [7, 11) is -3.39. The minimum atomic E-state index is -3.39. The minimum Gasteiger partial charge on any atom is -0.356 e. The van der Waals surface area contributed by atoms with E-state index >= 15 is 0 Å². The van der Waals surface area contributed by atoms with Gasteiger partial charge in [0.25, 0.3) is 0 Å². The fraction of sp³-hybridized carbons (Fsp3) is 0.524. The molecule has 0 amide bonds. The van der Waals surface area contributed by atoms with Crippen LogP contribution in [0.4, 0.5) is 11.6 Å². The highest BCUT2D eigenvalue weighted by Crippen LogP contribution is 2.24. The Labute approximate surface area is 183 Å². The quantitative estimate of drug-likeness (QED) is 0.698. The molecule has 0 saturated carbocycles. The van der Waals surface area contributed by atoms with E-state index in [1.807, 2.05) is 6.92 Å². The van der Waals surface area contributed by atoms with Gasteiger partial charge in [-0.3, -0.25) is 0 Å². The molecule has 0 unspecified atom stereocenters. The largest absolute Gasteiger partial charge is 0.356 e. The fourth-order valence-corrected chi connectivity index (χ4v) is 5.82. The third-order valence-electron chi connectivity index (χ3n) is 5.69. The lowest BCUT2D eigenvalue weighted by Crippen LogP contribution is -2.49. The van der Waals surface area contributed by atoms with Crippen LogP contribution in [0.3, 0.4) is 0 Å². The van der Waals surface area contributed by atoms with Crippen molar-refractivity contribution in [1.82, 2.24) is 14.3 Å². The van der Waals surface area contributed by atoms with Crippen molar-refractivity contribution in [3.05, 3.63) is 46.7 Å². The molecule has 1 aromatic carbocycles. The zero-order chi connectivity index (χ0) is 21.1. The average molecular weight is 450 g/mol. The van der Waals surface area contributed by atoms with E-state index in [1.54, 1.807) is 28.6 Å². The number of hydrogen-bond acceptors (Lipinski definition) is 6. The van der Waals surface area contributed by atoms with Crippen LogP contribution in [0.15, 0.2) is 30.3 Å². The molecule has 0 aliphatic carbocycles. The van der Waals surface area contributed by atoms with Gasteiger partial charge in [0.05, 0.1) is 5.75 Å². The number of halogens is 1. The first-order valence-corrected chi connectivity index (χ1v) is 12.5. The van der Waals surface area contributed by atoms with E-state index < -0.39 is 10.0 Å². The third kappa shape index (κ3) is 5.04. The molecular formula is C21H28ClN5O2S. The Hall–Kier alpha value is -1.90. The van der Waals surface area contributed by atoms with Crippen LogP contribution >= 0.6 is 11.6 Å². The smallest absolute Gasteiger partial charge is 0.218 e.